The molecular weight excluding hydrogens is 314 g/mol. The SMILES string of the molecule is COCCN1CCC[C@@H](CN(C)c2cc(C(C)C)nc3ccnn23)C1. The number of fused-ring (bicyclic) bond motifs is 1. The zero-order chi connectivity index (χ0) is 17.8. The first-order valence-corrected chi connectivity index (χ1v) is 9.35. The number of rotatable bonds is 7. The van der Waals surface area contributed by atoms with Crippen molar-refractivity contribution in [3.8, 4) is 0 Å². The molecule has 0 aliphatic carbocycles. The van der Waals surface area contributed by atoms with Gasteiger partial charge < -0.3 is 14.5 Å². The van der Waals surface area contributed by atoms with Gasteiger partial charge in [-0.25, -0.2) is 4.98 Å². The van der Waals surface area contributed by atoms with Gasteiger partial charge in [0.25, 0.3) is 0 Å². The van der Waals surface area contributed by atoms with Crippen molar-refractivity contribution in [3.05, 3.63) is 24.0 Å². The molecule has 2 aromatic rings. The molecule has 1 fully saturated rings. The van der Waals surface area contributed by atoms with Crippen LogP contribution < -0.4 is 4.90 Å². The van der Waals surface area contributed by atoms with Crippen LogP contribution in [0.5, 0.6) is 0 Å². The van der Waals surface area contributed by atoms with E-state index in [-0.39, 0.29) is 0 Å². The number of aromatic nitrogens is 3. The van der Waals surface area contributed by atoms with Gasteiger partial charge in [-0.1, -0.05) is 13.8 Å². The molecule has 3 rings (SSSR count). The minimum atomic E-state index is 0.409. The molecule has 0 aromatic carbocycles. The fourth-order valence-corrected chi connectivity index (χ4v) is 3.69. The van der Waals surface area contributed by atoms with Gasteiger partial charge in [-0.05, 0) is 31.2 Å². The molecular formula is C19H31N5O. The van der Waals surface area contributed by atoms with Crippen molar-refractivity contribution in [3.63, 3.8) is 0 Å². The maximum atomic E-state index is 5.23. The number of ether oxygens (including phenoxy) is 1. The average Bonchev–Trinajstić information content (AvgIpc) is 3.07. The second kappa shape index (κ2) is 8.15. The van der Waals surface area contributed by atoms with Gasteiger partial charge in [0.2, 0.25) is 0 Å². The first kappa shape index (κ1) is 18.1. The van der Waals surface area contributed by atoms with E-state index in [1.54, 1.807) is 7.11 Å². The van der Waals surface area contributed by atoms with Gasteiger partial charge in [-0.2, -0.15) is 9.61 Å². The Morgan fingerprint density at radius 2 is 2.24 bits per heavy atom. The molecule has 25 heavy (non-hydrogen) atoms. The van der Waals surface area contributed by atoms with Gasteiger partial charge in [0.05, 0.1) is 12.8 Å². The Labute approximate surface area is 150 Å². The lowest BCUT2D eigenvalue weighted by Crippen LogP contribution is -2.41. The molecule has 0 saturated carbocycles. The van der Waals surface area contributed by atoms with Gasteiger partial charge in [-0.3, -0.25) is 0 Å². The van der Waals surface area contributed by atoms with E-state index >= 15 is 0 Å². The lowest BCUT2D eigenvalue weighted by Gasteiger charge is -2.35. The predicted molar refractivity (Wildman–Crippen MR) is 101 cm³/mol. The molecule has 0 bridgehead atoms. The smallest absolute Gasteiger partial charge is 0.157 e. The third-order valence-corrected chi connectivity index (χ3v) is 5.09. The van der Waals surface area contributed by atoms with Gasteiger partial charge in [0.1, 0.15) is 5.82 Å². The highest BCUT2D eigenvalue weighted by Crippen LogP contribution is 2.24. The molecule has 138 valence electrons. The van der Waals surface area contributed by atoms with E-state index in [9.17, 15) is 0 Å². The minimum Gasteiger partial charge on any atom is -0.383 e. The highest BCUT2D eigenvalue weighted by atomic mass is 16.5. The Kier molecular flexibility index (Phi) is 5.91. The second-order valence-electron chi connectivity index (χ2n) is 7.48. The quantitative estimate of drug-likeness (QED) is 0.772. The fourth-order valence-electron chi connectivity index (χ4n) is 3.69. The third-order valence-electron chi connectivity index (χ3n) is 5.09. The lowest BCUT2D eigenvalue weighted by molar-refractivity contribution is 0.116. The minimum absolute atomic E-state index is 0.409. The Bertz CT molecular complexity index is 684. The van der Waals surface area contributed by atoms with Gasteiger partial charge in [0.15, 0.2) is 5.65 Å². The summed E-state index contributed by atoms with van der Waals surface area (Å²) >= 11 is 0. The molecule has 6 heteroatoms. The van der Waals surface area contributed by atoms with Crippen LogP contribution in [-0.4, -0.2) is 66.4 Å². The van der Waals surface area contributed by atoms with Crippen LogP contribution in [0.4, 0.5) is 5.82 Å². The standard InChI is InChI=1S/C19H31N5O/c1-15(2)17-12-19(24-18(21-17)7-8-20-24)22(3)13-16-6-5-9-23(14-16)10-11-25-4/h7-8,12,15-16H,5-6,9-11,13-14H2,1-4H3/t16-/m0/s1. The number of likely N-dealkylation sites (tertiary alicyclic amines) is 1. The highest BCUT2D eigenvalue weighted by Gasteiger charge is 2.22. The van der Waals surface area contributed by atoms with Crippen molar-refractivity contribution in [2.24, 2.45) is 5.92 Å². The maximum absolute atomic E-state index is 5.23. The van der Waals surface area contributed by atoms with Crippen molar-refractivity contribution in [2.75, 3.05) is 51.8 Å². The van der Waals surface area contributed by atoms with Crippen LogP contribution >= 0.6 is 0 Å². The zero-order valence-electron chi connectivity index (χ0n) is 16.0. The monoisotopic (exact) mass is 345 g/mol. The molecule has 1 aliphatic heterocycles. The number of piperidine rings is 1. The van der Waals surface area contributed by atoms with E-state index in [1.807, 2.05) is 16.8 Å². The number of nitrogens with zero attached hydrogens (tertiary/aromatic N) is 5. The summed E-state index contributed by atoms with van der Waals surface area (Å²) in [6.45, 7) is 9.62. The molecule has 0 spiro atoms. The number of anilines is 1. The normalized spacial score (nSPS) is 19.0. The second-order valence-corrected chi connectivity index (χ2v) is 7.48. The molecule has 2 aromatic heterocycles. The van der Waals surface area contributed by atoms with Crippen LogP contribution in [0.3, 0.4) is 0 Å². The zero-order valence-corrected chi connectivity index (χ0v) is 16.0. The summed E-state index contributed by atoms with van der Waals surface area (Å²) in [5, 5.41) is 4.47. The summed E-state index contributed by atoms with van der Waals surface area (Å²) in [4.78, 5) is 9.60. The van der Waals surface area contributed by atoms with E-state index in [0.29, 0.717) is 11.8 Å². The summed E-state index contributed by atoms with van der Waals surface area (Å²) in [6.07, 6.45) is 4.39. The van der Waals surface area contributed by atoms with Gasteiger partial charge in [0, 0.05) is 51.6 Å². The fraction of sp³-hybridized carbons (Fsp3) is 0.684. The van der Waals surface area contributed by atoms with Crippen LogP contribution in [0.15, 0.2) is 18.3 Å². The predicted octanol–water partition coefficient (Wildman–Crippen LogP) is 2.65. The van der Waals surface area contributed by atoms with Crippen LogP contribution in [0, 0.1) is 5.92 Å². The van der Waals surface area contributed by atoms with Crippen LogP contribution in [0.2, 0.25) is 0 Å². The van der Waals surface area contributed by atoms with Crippen LogP contribution in [-0.2, 0) is 4.74 Å². The largest absolute Gasteiger partial charge is 0.383 e. The summed E-state index contributed by atoms with van der Waals surface area (Å²) in [6, 6.07) is 4.17. The van der Waals surface area contributed by atoms with Crippen molar-refractivity contribution in [1.82, 2.24) is 19.5 Å². The Balaban J connectivity index is 1.73. The van der Waals surface area contributed by atoms with Crippen LogP contribution in [0.25, 0.3) is 5.65 Å². The number of methoxy groups -OCH3 is 1. The molecule has 0 unspecified atom stereocenters. The van der Waals surface area contributed by atoms with Crippen molar-refractivity contribution in [1.29, 1.82) is 0 Å². The average molecular weight is 345 g/mol. The van der Waals surface area contributed by atoms with E-state index in [4.69, 9.17) is 9.72 Å². The van der Waals surface area contributed by atoms with Crippen molar-refractivity contribution in [2.45, 2.75) is 32.6 Å². The molecule has 1 atom stereocenters. The van der Waals surface area contributed by atoms with Crippen LogP contribution in [0.1, 0.15) is 38.3 Å². The summed E-state index contributed by atoms with van der Waals surface area (Å²) in [5.41, 5.74) is 2.05. The number of hydrogen-bond donors (Lipinski definition) is 0. The van der Waals surface area contributed by atoms with E-state index in [1.165, 1.54) is 19.4 Å². The molecule has 0 N–H and O–H groups in total. The first-order chi connectivity index (χ1) is 12.1. The third kappa shape index (κ3) is 4.30. The van der Waals surface area contributed by atoms with Gasteiger partial charge >= 0.3 is 0 Å². The lowest BCUT2D eigenvalue weighted by atomic mass is 9.97. The summed E-state index contributed by atoms with van der Waals surface area (Å²) in [5.74, 6) is 2.22. The molecule has 3 heterocycles. The molecule has 0 amide bonds. The van der Waals surface area contributed by atoms with E-state index in [2.05, 4.69) is 41.9 Å². The van der Waals surface area contributed by atoms with Crippen molar-refractivity contribution >= 4 is 11.5 Å². The first-order valence-electron chi connectivity index (χ1n) is 9.35. The topological polar surface area (TPSA) is 45.9 Å². The van der Waals surface area contributed by atoms with Gasteiger partial charge in [-0.15, -0.1) is 0 Å². The molecule has 1 aliphatic rings. The molecule has 0 radical (unpaired) electrons. The maximum Gasteiger partial charge on any atom is 0.157 e. The summed E-state index contributed by atoms with van der Waals surface area (Å²) < 4.78 is 7.19. The van der Waals surface area contributed by atoms with E-state index in [0.717, 1.165) is 43.4 Å². The summed E-state index contributed by atoms with van der Waals surface area (Å²) in [7, 11) is 3.95. The van der Waals surface area contributed by atoms with Crippen molar-refractivity contribution < 1.29 is 4.74 Å². The Morgan fingerprint density at radius 1 is 1.40 bits per heavy atom. The molecule has 6 nitrogen and oxygen atoms in total. The Morgan fingerprint density at radius 3 is 3.00 bits per heavy atom. The molecule has 1 saturated heterocycles. The number of hydrogen-bond acceptors (Lipinski definition) is 5. The highest BCUT2D eigenvalue weighted by molar-refractivity contribution is 5.51. The van der Waals surface area contributed by atoms with E-state index < -0.39 is 0 Å². The Hall–Kier alpha value is -1.66.